The maximum atomic E-state index is 10.8. The summed E-state index contributed by atoms with van der Waals surface area (Å²) in [5.74, 6) is -0.958. The van der Waals surface area contributed by atoms with E-state index in [4.69, 9.17) is 10.5 Å². The molecule has 0 saturated heterocycles. The average Bonchev–Trinajstić information content (AvgIpc) is 2.21. The fourth-order valence-corrected chi connectivity index (χ4v) is 0.695. The van der Waals surface area contributed by atoms with E-state index in [0.717, 1.165) is 0 Å². The van der Waals surface area contributed by atoms with Gasteiger partial charge in [-0.2, -0.15) is 0 Å². The van der Waals surface area contributed by atoms with Crippen LogP contribution in [0.1, 0.15) is 10.4 Å². The van der Waals surface area contributed by atoms with E-state index in [1.807, 2.05) is 0 Å². The van der Waals surface area contributed by atoms with Crippen molar-refractivity contribution in [3.63, 3.8) is 0 Å². The largest absolute Gasteiger partial charge is 0.334 e. The number of carbonyl (C=O) groups excluding carboxylic acids is 1. The number of nitrogens with zero attached hydrogens (tertiary/aromatic N) is 1. The van der Waals surface area contributed by atoms with E-state index in [2.05, 4.69) is 4.84 Å². The van der Waals surface area contributed by atoms with Gasteiger partial charge in [0.2, 0.25) is 0 Å². The van der Waals surface area contributed by atoms with Crippen molar-refractivity contribution in [2.24, 2.45) is 0 Å². The van der Waals surface area contributed by atoms with Gasteiger partial charge in [0.05, 0.1) is 0 Å². The standard InChI is InChI=1S/C7H5NO4.H2O2/c9-7(12-8(10)11)6-4-2-1-3-5-6;1-2/h1-5H;1-2H. The van der Waals surface area contributed by atoms with Gasteiger partial charge in [-0.15, -0.1) is 10.1 Å². The molecule has 1 rings (SSSR count). The lowest BCUT2D eigenvalue weighted by Gasteiger charge is -1.95. The minimum Gasteiger partial charge on any atom is -0.263 e. The molecule has 2 N–H and O–H groups in total. The summed E-state index contributed by atoms with van der Waals surface area (Å²) < 4.78 is 0. The molecule has 0 fully saturated rings. The van der Waals surface area contributed by atoms with Crippen molar-refractivity contribution in [1.29, 1.82) is 0 Å². The van der Waals surface area contributed by atoms with E-state index in [9.17, 15) is 14.9 Å². The Morgan fingerprint density at radius 3 is 2.21 bits per heavy atom. The van der Waals surface area contributed by atoms with Crippen LogP contribution >= 0.6 is 0 Å². The third-order valence-corrected chi connectivity index (χ3v) is 1.17. The first-order chi connectivity index (χ1) is 6.70. The van der Waals surface area contributed by atoms with E-state index in [1.165, 1.54) is 12.1 Å². The Morgan fingerprint density at radius 2 is 1.79 bits per heavy atom. The maximum Gasteiger partial charge on any atom is 0.334 e. The van der Waals surface area contributed by atoms with Crippen LogP contribution in [0.25, 0.3) is 0 Å². The highest BCUT2D eigenvalue weighted by Gasteiger charge is 2.08. The first-order valence-electron chi connectivity index (χ1n) is 3.32. The van der Waals surface area contributed by atoms with Gasteiger partial charge >= 0.3 is 11.1 Å². The smallest absolute Gasteiger partial charge is 0.263 e. The van der Waals surface area contributed by atoms with Gasteiger partial charge in [-0.1, -0.05) is 18.2 Å². The van der Waals surface area contributed by atoms with Crippen LogP contribution in [0.5, 0.6) is 0 Å². The Morgan fingerprint density at radius 1 is 1.29 bits per heavy atom. The summed E-state index contributed by atoms with van der Waals surface area (Å²) in [6.45, 7) is 0. The monoisotopic (exact) mass is 201 g/mol. The molecule has 0 atom stereocenters. The Kier molecular flexibility index (Phi) is 5.59. The van der Waals surface area contributed by atoms with Crippen LogP contribution in [0.4, 0.5) is 0 Å². The fourth-order valence-electron chi connectivity index (χ4n) is 0.695. The van der Waals surface area contributed by atoms with Crippen LogP contribution in [-0.4, -0.2) is 21.6 Å². The van der Waals surface area contributed by atoms with Crippen molar-refractivity contribution in [1.82, 2.24) is 0 Å². The number of rotatable bonds is 2. The SMILES string of the molecule is O=C(O[N+](=O)[O-])c1ccccc1.OO. The molecule has 0 amide bonds. The summed E-state index contributed by atoms with van der Waals surface area (Å²) in [4.78, 5) is 24.3. The molecule has 1 aromatic rings. The van der Waals surface area contributed by atoms with E-state index in [-0.39, 0.29) is 5.56 Å². The molecule has 0 aliphatic rings. The van der Waals surface area contributed by atoms with Crippen LogP contribution in [0.15, 0.2) is 30.3 Å². The molecule has 7 nitrogen and oxygen atoms in total. The van der Waals surface area contributed by atoms with E-state index < -0.39 is 11.1 Å². The summed E-state index contributed by atoms with van der Waals surface area (Å²) >= 11 is 0. The van der Waals surface area contributed by atoms with E-state index in [1.54, 1.807) is 18.2 Å². The maximum absolute atomic E-state index is 10.8. The molecule has 1 aromatic carbocycles. The molecular weight excluding hydrogens is 194 g/mol. The number of hydrogen-bond donors (Lipinski definition) is 2. The molecule has 76 valence electrons. The zero-order valence-corrected chi connectivity index (χ0v) is 6.86. The van der Waals surface area contributed by atoms with E-state index in [0.29, 0.717) is 0 Å². The molecule has 7 heteroatoms. The number of benzene rings is 1. The van der Waals surface area contributed by atoms with Gasteiger partial charge in [0.1, 0.15) is 0 Å². The summed E-state index contributed by atoms with van der Waals surface area (Å²) in [6, 6.07) is 7.76. The predicted molar refractivity (Wildman–Crippen MR) is 44.1 cm³/mol. The molecule has 0 saturated carbocycles. The average molecular weight is 201 g/mol. The molecule has 14 heavy (non-hydrogen) atoms. The Bertz CT molecular complexity index is 298. The molecule has 0 aromatic heterocycles. The lowest BCUT2D eigenvalue weighted by Crippen LogP contribution is -2.09. The Hall–Kier alpha value is -1.99. The molecule has 0 spiro atoms. The Balaban J connectivity index is 0.000000791. The van der Waals surface area contributed by atoms with Crippen molar-refractivity contribution < 1.29 is 25.2 Å². The molecule has 0 heterocycles. The summed E-state index contributed by atoms with van der Waals surface area (Å²) in [5, 5.41) is 20.6. The van der Waals surface area contributed by atoms with Gasteiger partial charge < -0.3 is 0 Å². The summed E-state index contributed by atoms with van der Waals surface area (Å²) in [6.07, 6.45) is 0. The van der Waals surface area contributed by atoms with Gasteiger partial charge in [-0.25, -0.2) is 4.84 Å². The van der Waals surface area contributed by atoms with Gasteiger partial charge in [0.15, 0.2) is 0 Å². The first-order valence-corrected chi connectivity index (χ1v) is 3.32. The molecule has 0 aliphatic heterocycles. The third kappa shape index (κ3) is 4.14. The lowest BCUT2D eigenvalue weighted by molar-refractivity contribution is -0.727. The highest BCUT2D eigenvalue weighted by atomic mass is 17.0. The molecular formula is C7H7NO6. The van der Waals surface area contributed by atoms with Crippen LogP contribution in [0.3, 0.4) is 0 Å². The van der Waals surface area contributed by atoms with Crippen LogP contribution in [0, 0.1) is 10.1 Å². The second-order valence-electron chi connectivity index (χ2n) is 1.97. The van der Waals surface area contributed by atoms with Crippen molar-refractivity contribution in [3.8, 4) is 0 Å². The van der Waals surface area contributed by atoms with Crippen molar-refractivity contribution in [2.75, 3.05) is 0 Å². The number of hydrogen-bond acceptors (Lipinski definition) is 6. The van der Waals surface area contributed by atoms with Gasteiger partial charge in [-0.3, -0.25) is 15.3 Å². The highest BCUT2D eigenvalue weighted by Crippen LogP contribution is 2.00. The second-order valence-corrected chi connectivity index (χ2v) is 1.97. The quantitative estimate of drug-likeness (QED) is 0.420. The lowest BCUT2D eigenvalue weighted by atomic mass is 10.2. The summed E-state index contributed by atoms with van der Waals surface area (Å²) in [7, 11) is 0. The molecule has 0 unspecified atom stereocenters. The first kappa shape index (κ1) is 12.0. The van der Waals surface area contributed by atoms with E-state index >= 15 is 0 Å². The van der Waals surface area contributed by atoms with Crippen LogP contribution in [0.2, 0.25) is 0 Å². The Labute approximate surface area is 78.2 Å². The van der Waals surface area contributed by atoms with Gasteiger partial charge in [-0.05, 0) is 12.1 Å². The van der Waals surface area contributed by atoms with Crippen LogP contribution < -0.4 is 0 Å². The zero-order chi connectivity index (χ0) is 11.0. The minimum absolute atomic E-state index is 0.161. The van der Waals surface area contributed by atoms with Gasteiger partial charge in [0, 0.05) is 5.56 Å². The molecule has 0 radical (unpaired) electrons. The third-order valence-electron chi connectivity index (χ3n) is 1.17. The van der Waals surface area contributed by atoms with Crippen molar-refractivity contribution >= 4 is 5.97 Å². The minimum atomic E-state index is -1.13. The topological polar surface area (TPSA) is 110 Å². The molecule has 0 aliphatic carbocycles. The second kappa shape index (κ2) is 6.52. The van der Waals surface area contributed by atoms with Crippen molar-refractivity contribution in [3.05, 3.63) is 46.0 Å². The highest BCUT2D eigenvalue weighted by molar-refractivity contribution is 5.88. The van der Waals surface area contributed by atoms with Gasteiger partial charge in [0.25, 0.3) is 0 Å². The molecule has 0 bridgehead atoms. The zero-order valence-electron chi connectivity index (χ0n) is 6.86. The normalized spacial score (nSPS) is 8.14. The van der Waals surface area contributed by atoms with Crippen LogP contribution in [-0.2, 0) is 4.84 Å². The van der Waals surface area contributed by atoms with Crippen molar-refractivity contribution in [2.45, 2.75) is 0 Å². The fraction of sp³-hybridized carbons (Fsp3) is 0. The predicted octanol–water partition coefficient (Wildman–Crippen LogP) is 1.05. The summed E-state index contributed by atoms with van der Waals surface area (Å²) in [5.41, 5.74) is 0.161. The number of carbonyl (C=O) groups is 1.